The van der Waals surface area contributed by atoms with Gasteiger partial charge in [0.2, 0.25) is 0 Å². The molecule has 0 amide bonds. The summed E-state index contributed by atoms with van der Waals surface area (Å²) in [6.07, 6.45) is 7.61. The van der Waals surface area contributed by atoms with Crippen LogP contribution in [0.5, 0.6) is 0 Å². The average molecular weight is 251 g/mol. The molecule has 0 saturated heterocycles. The summed E-state index contributed by atoms with van der Waals surface area (Å²) in [7, 11) is 1.78. The van der Waals surface area contributed by atoms with Gasteiger partial charge in [0.1, 0.15) is 0 Å². The van der Waals surface area contributed by atoms with Gasteiger partial charge in [0.05, 0.1) is 5.60 Å². The summed E-state index contributed by atoms with van der Waals surface area (Å²) in [6, 6.07) is 0. The standard InChI is InChI=1S/C16H29NO/c1-12-14(8-7-9-16(12,5)18-6)13(11-17)10-15(2,3)4/h7-9,12-13H,10-11,17H2,1-6H3. The summed E-state index contributed by atoms with van der Waals surface area (Å²) in [5, 5.41) is 0. The van der Waals surface area contributed by atoms with E-state index in [-0.39, 0.29) is 5.60 Å². The highest BCUT2D eigenvalue weighted by Gasteiger charge is 2.36. The zero-order valence-electron chi connectivity index (χ0n) is 12.8. The van der Waals surface area contributed by atoms with Crippen molar-refractivity contribution in [1.82, 2.24) is 0 Å². The Bertz CT molecular complexity index is 337. The third-order valence-corrected chi connectivity index (χ3v) is 4.13. The maximum Gasteiger partial charge on any atom is 0.0896 e. The minimum absolute atomic E-state index is 0.199. The molecule has 3 atom stereocenters. The molecule has 0 radical (unpaired) electrons. The summed E-state index contributed by atoms with van der Waals surface area (Å²) in [5.41, 5.74) is 7.53. The molecule has 18 heavy (non-hydrogen) atoms. The van der Waals surface area contributed by atoms with Crippen molar-refractivity contribution < 1.29 is 4.74 Å². The van der Waals surface area contributed by atoms with Crippen LogP contribution in [0, 0.1) is 17.3 Å². The lowest BCUT2D eigenvalue weighted by molar-refractivity contribution is 0.0106. The fourth-order valence-corrected chi connectivity index (χ4v) is 2.78. The van der Waals surface area contributed by atoms with Gasteiger partial charge in [0.25, 0.3) is 0 Å². The Kier molecular flexibility index (Phi) is 4.79. The highest BCUT2D eigenvalue weighted by Crippen LogP contribution is 2.39. The van der Waals surface area contributed by atoms with E-state index in [1.807, 2.05) is 0 Å². The number of methoxy groups -OCH3 is 1. The van der Waals surface area contributed by atoms with Crippen LogP contribution in [0.2, 0.25) is 0 Å². The summed E-state index contributed by atoms with van der Waals surface area (Å²) < 4.78 is 5.68. The fraction of sp³-hybridized carbons (Fsp3) is 0.750. The molecule has 2 nitrogen and oxygen atoms in total. The molecular formula is C16H29NO. The molecule has 0 spiro atoms. The maximum atomic E-state index is 6.00. The first kappa shape index (κ1) is 15.5. The molecule has 0 heterocycles. The van der Waals surface area contributed by atoms with Crippen LogP contribution in [0.3, 0.4) is 0 Å². The molecule has 0 bridgehead atoms. The predicted octanol–water partition coefficient (Wildman–Crippen LogP) is 3.53. The van der Waals surface area contributed by atoms with E-state index in [4.69, 9.17) is 10.5 Å². The number of hydrogen-bond acceptors (Lipinski definition) is 2. The van der Waals surface area contributed by atoms with Crippen molar-refractivity contribution in [1.29, 1.82) is 0 Å². The topological polar surface area (TPSA) is 35.2 Å². The zero-order chi connectivity index (χ0) is 14.0. The van der Waals surface area contributed by atoms with E-state index in [2.05, 4.69) is 52.8 Å². The van der Waals surface area contributed by atoms with Crippen LogP contribution in [-0.2, 0) is 4.74 Å². The van der Waals surface area contributed by atoms with Gasteiger partial charge in [0.15, 0.2) is 0 Å². The zero-order valence-corrected chi connectivity index (χ0v) is 12.8. The predicted molar refractivity (Wildman–Crippen MR) is 78.4 cm³/mol. The van der Waals surface area contributed by atoms with Gasteiger partial charge < -0.3 is 10.5 Å². The van der Waals surface area contributed by atoms with Crippen LogP contribution in [0.25, 0.3) is 0 Å². The molecule has 1 aliphatic carbocycles. The van der Waals surface area contributed by atoms with Gasteiger partial charge in [-0.1, -0.05) is 51.5 Å². The Hall–Kier alpha value is -0.600. The molecule has 3 unspecified atom stereocenters. The second kappa shape index (κ2) is 5.58. The van der Waals surface area contributed by atoms with E-state index in [0.29, 0.717) is 23.8 Å². The first-order valence-corrected chi connectivity index (χ1v) is 6.88. The van der Waals surface area contributed by atoms with Crippen molar-refractivity contribution in [3.63, 3.8) is 0 Å². The Labute approximate surface area is 112 Å². The van der Waals surface area contributed by atoms with Crippen LogP contribution in [-0.4, -0.2) is 19.3 Å². The van der Waals surface area contributed by atoms with Gasteiger partial charge in [-0.15, -0.1) is 0 Å². The van der Waals surface area contributed by atoms with E-state index >= 15 is 0 Å². The van der Waals surface area contributed by atoms with Gasteiger partial charge in [-0.2, -0.15) is 0 Å². The van der Waals surface area contributed by atoms with Crippen molar-refractivity contribution in [2.75, 3.05) is 13.7 Å². The van der Waals surface area contributed by atoms with Gasteiger partial charge in [-0.25, -0.2) is 0 Å². The minimum Gasteiger partial charge on any atom is -0.374 e. The lowest BCUT2D eigenvalue weighted by atomic mass is 9.71. The Morgan fingerprint density at radius 3 is 2.50 bits per heavy atom. The van der Waals surface area contributed by atoms with E-state index in [0.717, 1.165) is 6.42 Å². The molecule has 0 aromatic rings. The first-order valence-electron chi connectivity index (χ1n) is 6.88. The van der Waals surface area contributed by atoms with Crippen molar-refractivity contribution in [2.45, 2.75) is 46.6 Å². The van der Waals surface area contributed by atoms with Gasteiger partial charge in [0, 0.05) is 13.0 Å². The molecule has 0 aromatic carbocycles. The first-order chi connectivity index (χ1) is 8.23. The lowest BCUT2D eigenvalue weighted by Gasteiger charge is -2.39. The van der Waals surface area contributed by atoms with E-state index < -0.39 is 0 Å². The van der Waals surface area contributed by atoms with Crippen LogP contribution in [0.4, 0.5) is 0 Å². The number of rotatable bonds is 4. The van der Waals surface area contributed by atoms with Gasteiger partial charge in [-0.05, 0) is 31.2 Å². The van der Waals surface area contributed by atoms with Crippen LogP contribution in [0.15, 0.2) is 23.8 Å². The molecule has 0 aliphatic heterocycles. The number of ether oxygens (including phenoxy) is 1. The SMILES string of the molecule is COC1(C)C=CC=C(C(CN)CC(C)(C)C)C1C. The molecule has 0 fully saturated rings. The number of allylic oxidation sites excluding steroid dienone is 2. The molecule has 2 N–H and O–H groups in total. The van der Waals surface area contributed by atoms with Crippen molar-refractivity contribution in [3.05, 3.63) is 23.8 Å². The molecule has 2 heteroatoms. The van der Waals surface area contributed by atoms with Gasteiger partial charge in [-0.3, -0.25) is 0 Å². The smallest absolute Gasteiger partial charge is 0.0896 e. The molecule has 1 rings (SSSR count). The van der Waals surface area contributed by atoms with E-state index in [1.54, 1.807) is 7.11 Å². The molecule has 0 saturated carbocycles. The fourth-order valence-electron chi connectivity index (χ4n) is 2.78. The highest BCUT2D eigenvalue weighted by atomic mass is 16.5. The monoisotopic (exact) mass is 251 g/mol. The second-order valence-electron chi connectivity index (χ2n) is 6.83. The second-order valence-corrected chi connectivity index (χ2v) is 6.83. The average Bonchev–Trinajstić information content (AvgIpc) is 2.29. The largest absolute Gasteiger partial charge is 0.374 e. The van der Waals surface area contributed by atoms with E-state index in [9.17, 15) is 0 Å². The third kappa shape index (κ3) is 3.46. The number of nitrogens with two attached hydrogens (primary N) is 1. The van der Waals surface area contributed by atoms with Gasteiger partial charge >= 0.3 is 0 Å². The Morgan fingerprint density at radius 2 is 2.06 bits per heavy atom. The third-order valence-electron chi connectivity index (χ3n) is 4.13. The van der Waals surface area contributed by atoms with E-state index in [1.165, 1.54) is 5.57 Å². The lowest BCUT2D eigenvalue weighted by Crippen LogP contribution is -2.39. The van der Waals surface area contributed by atoms with Crippen molar-refractivity contribution in [3.8, 4) is 0 Å². The summed E-state index contributed by atoms with van der Waals surface area (Å²) in [4.78, 5) is 0. The Morgan fingerprint density at radius 1 is 1.44 bits per heavy atom. The molecule has 1 aliphatic rings. The Balaban J connectivity index is 2.93. The number of hydrogen-bond donors (Lipinski definition) is 1. The normalized spacial score (nSPS) is 30.2. The molecule has 104 valence electrons. The van der Waals surface area contributed by atoms with Crippen LogP contribution >= 0.6 is 0 Å². The summed E-state index contributed by atoms with van der Waals surface area (Å²) >= 11 is 0. The highest BCUT2D eigenvalue weighted by molar-refractivity contribution is 5.29. The summed E-state index contributed by atoms with van der Waals surface area (Å²) in [6.45, 7) is 11.9. The maximum absolute atomic E-state index is 6.00. The minimum atomic E-state index is -0.199. The molecule has 0 aromatic heterocycles. The molecular weight excluding hydrogens is 222 g/mol. The summed E-state index contributed by atoms with van der Waals surface area (Å²) in [5.74, 6) is 0.822. The van der Waals surface area contributed by atoms with Crippen molar-refractivity contribution in [2.24, 2.45) is 23.0 Å². The van der Waals surface area contributed by atoms with Crippen LogP contribution in [0.1, 0.15) is 41.0 Å². The quantitative estimate of drug-likeness (QED) is 0.829. The van der Waals surface area contributed by atoms with Crippen LogP contribution < -0.4 is 5.73 Å². The van der Waals surface area contributed by atoms with Crippen molar-refractivity contribution >= 4 is 0 Å².